The topological polar surface area (TPSA) is 45.2 Å². The maximum atomic E-state index is 12.7. The lowest BCUT2D eigenvalue weighted by Crippen LogP contribution is -2.52. The average Bonchev–Trinajstić information content (AvgIpc) is 2.46. The van der Waals surface area contributed by atoms with E-state index < -0.39 is 0 Å². The Kier molecular flexibility index (Phi) is 6.40. The molecule has 1 N–H and O–H groups in total. The molecule has 1 amide bonds. The lowest BCUT2D eigenvalue weighted by Gasteiger charge is -2.34. The average molecular weight is 328 g/mol. The van der Waals surface area contributed by atoms with Crippen molar-refractivity contribution in [2.45, 2.75) is 13.0 Å². The summed E-state index contributed by atoms with van der Waals surface area (Å²) in [5.41, 5.74) is 1.49. The molecule has 6 heteroatoms. The number of nitrogens with one attached hydrogen (secondary N) is 1. The molecule has 0 radical (unpaired) electrons. The number of benzene rings is 1. The predicted octanol–water partition coefficient (Wildman–Crippen LogP) is 2.51. The van der Waals surface area contributed by atoms with Gasteiger partial charge in [-0.2, -0.15) is 0 Å². The Balaban J connectivity index is 0.00000110. The summed E-state index contributed by atoms with van der Waals surface area (Å²) in [6.45, 7) is 4.53. The monoisotopic (exact) mass is 327 g/mol. The second kappa shape index (κ2) is 7.59. The number of hydrogen-bond donors (Lipinski definition) is 1. The van der Waals surface area contributed by atoms with Crippen LogP contribution in [0.15, 0.2) is 36.5 Å². The zero-order valence-corrected chi connectivity index (χ0v) is 13.4. The van der Waals surface area contributed by atoms with Crippen molar-refractivity contribution < 1.29 is 4.79 Å². The SMILES string of the molecule is C[C@@H]1CNCCN1C(=O)c1cccc2cccnc12.Cl.Cl. The first-order valence-electron chi connectivity index (χ1n) is 6.63. The fraction of sp³-hybridized carbons (Fsp3) is 0.333. The number of pyridine rings is 1. The van der Waals surface area contributed by atoms with Crippen LogP contribution in [0, 0.1) is 0 Å². The molecule has 4 nitrogen and oxygen atoms in total. The van der Waals surface area contributed by atoms with Gasteiger partial charge < -0.3 is 10.2 Å². The summed E-state index contributed by atoms with van der Waals surface area (Å²) in [5, 5.41) is 4.31. The van der Waals surface area contributed by atoms with Crippen molar-refractivity contribution >= 4 is 41.6 Å². The molecule has 1 aliphatic heterocycles. The summed E-state index contributed by atoms with van der Waals surface area (Å²) in [5.74, 6) is 0.0818. The summed E-state index contributed by atoms with van der Waals surface area (Å²) >= 11 is 0. The molecule has 21 heavy (non-hydrogen) atoms. The second-order valence-electron chi connectivity index (χ2n) is 4.93. The highest BCUT2D eigenvalue weighted by Gasteiger charge is 2.25. The number of rotatable bonds is 1. The van der Waals surface area contributed by atoms with Gasteiger partial charge in [0.25, 0.3) is 5.91 Å². The van der Waals surface area contributed by atoms with Crippen LogP contribution in [0.4, 0.5) is 0 Å². The minimum atomic E-state index is 0. The van der Waals surface area contributed by atoms with E-state index in [2.05, 4.69) is 17.2 Å². The third kappa shape index (κ3) is 3.46. The number of amides is 1. The van der Waals surface area contributed by atoms with E-state index in [0.29, 0.717) is 5.56 Å². The first-order chi connectivity index (χ1) is 9.27. The molecular weight excluding hydrogens is 309 g/mol. The van der Waals surface area contributed by atoms with E-state index in [1.807, 2.05) is 35.2 Å². The zero-order valence-electron chi connectivity index (χ0n) is 11.8. The Labute approximate surface area is 136 Å². The second-order valence-corrected chi connectivity index (χ2v) is 4.93. The van der Waals surface area contributed by atoms with Gasteiger partial charge in [-0.15, -0.1) is 24.8 Å². The Morgan fingerprint density at radius 1 is 1.29 bits per heavy atom. The molecule has 0 unspecified atom stereocenters. The Hall–Kier alpha value is -1.36. The first-order valence-corrected chi connectivity index (χ1v) is 6.63. The molecule has 114 valence electrons. The van der Waals surface area contributed by atoms with Crippen LogP contribution in [0.5, 0.6) is 0 Å². The van der Waals surface area contributed by atoms with Crippen molar-refractivity contribution in [2.24, 2.45) is 0 Å². The van der Waals surface area contributed by atoms with Gasteiger partial charge in [0.1, 0.15) is 0 Å². The molecule has 2 heterocycles. The number of para-hydroxylation sites is 1. The standard InChI is InChI=1S/C15H17N3O.2ClH/c1-11-10-16-8-9-18(11)15(19)13-6-2-4-12-5-3-7-17-14(12)13;;/h2-7,11,16H,8-10H2,1H3;2*1H/t11-;;/m1../s1. The van der Waals surface area contributed by atoms with Gasteiger partial charge in [-0.05, 0) is 19.1 Å². The van der Waals surface area contributed by atoms with Crippen molar-refractivity contribution in [3.05, 3.63) is 42.1 Å². The molecule has 1 aromatic heterocycles. The molecule has 0 bridgehead atoms. The summed E-state index contributed by atoms with van der Waals surface area (Å²) in [7, 11) is 0. The normalized spacial score (nSPS) is 17.8. The number of piperazine rings is 1. The number of halogens is 2. The van der Waals surface area contributed by atoms with Gasteiger partial charge in [0.15, 0.2) is 0 Å². The fourth-order valence-electron chi connectivity index (χ4n) is 2.57. The van der Waals surface area contributed by atoms with Crippen LogP contribution in [0.3, 0.4) is 0 Å². The third-order valence-corrected chi connectivity index (χ3v) is 3.63. The number of aromatic nitrogens is 1. The highest BCUT2D eigenvalue weighted by molar-refractivity contribution is 6.05. The summed E-state index contributed by atoms with van der Waals surface area (Å²) in [4.78, 5) is 19.0. The Morgan fingerprint density at radius 3 is 2.81 bits per heavy atom. The number of hydrogen-bond acceptors (Lipinski definition) is 3. The highest BCUT2D eigenvalue weighted by Crippen LogP contribution is 2.19. The van der Waals surface area contributed by atoms with E-state index in [1.54, 1.807) is 6.20 Å². The van der Waals surface area contributed by atoms with Gasteiger partial charge >= 0.3 is 0 Å². The first kappa shape index (κ1) is 17.7. The Morgan fingerprint density at radius 2 is 2.05 bits per heavy atom. The van der Waals surface area contributed by atoms with Crippen LogP contribution < -0.4 is 5.32 Å². The quantitative estimate of drug-likeness (QED) is 0.875. The number of fused-ring (bicyclic) bond motifs is 1. The van der Waals surface area contributed by atoms with E-state index in [1.165, 1.54) is 0 Å². The van der Waals surface area contributed by atoms with Crippen LogP contribution in [0.2, 0.25) is 0 Å². The molecule has 0 aliphatic carbocycles. The molecule has 1 aliphatic rings. The molecular formula is C15H19Cl2N3O. The van der Waals surface area contributed by atoms with Crippen LogP contribution >= 0.6 is 24.8 Å². The molecule has 1 fully saturated rings. The van der Waals surface area contributed by atoms with Gasteiger partial charge in [-0.1, -0.05) is 18.2 Å². The summed E-state index contributed by atoms with van der Waals surface area (Å²) in [6, 6.07) is 9.88. The molecule has 3 rings (SSSR count). The molecule has 2 aromatic rings. The van der Waals surface area contributed by atoms with E-state index >= 15 is 0 Å². The van der Waals surface area contributed by atoms with Crippen LogP contribution in [0.1, 0.15) is 17.3 Å². The van der Waals surface area contributed by atoms with Crippen LogP contribution in [0.25, 0.3) is 10.9 Å². The van der Waals surface area contributed by atoms with Gasteiger partial charge in [-0.25, -0.2) is 0 Å². The van der Waals surface area contributed by atoms with Crippen molar-refractivity contribution in [2.75, 3.05) is 19.6 Å². The molecule has 0 spiro atoms. The number of nitrogens with zero attached hydrogens (tertiary/aromatic N) is 2. The minimum Gasteiger partial charge on any atom is -0.333 e. The fourth-order valence-corrected chi connectivity index (χ4v) is 2.57. The zero-order chi connectivity index (χ0) is 13.2. The van der Waals surface area contributed by atoms with Gasteiger partial charge in [0.05, 0.1) is 11.1 Å². The van der Waals surface area contributed by atoms with Crippen molar-refractivity contribution in [1.29, 1.82) is 0 Å². The molecule has 1 saturated heterocycles. The lowest BCUT2D eigenvalue weighted by molar-refractivity contribution is 0.0657. The predicted molar refractivity (Wildman–Crippen MR) is 89.6 cm³/mol. The van der Waals surface area contributed by atoms with Crippen molar-refractivity contribution in [3.63, 3.8) is 0 Å². The molecule has 1 aromatic carbocycles. The molecule has 1 atom stereocenters. The van der Waals surface area contributed by atoms with Crippen molar-refractivity contribution in [1.82, 2.24) is 15.2 Å². The lowest BCUT2D eigenvalue weighted by atomic mass is 10.1. The third-order valence-electron chi connectivity index (χ3n) is 3.63. The smallest absolute Gasteiger partial charge is 0.256 e. The maximum Gasteiger partial charge on any atom is 0.256 e. The summed E-state index contributed by atoms with van der Waals surface area (Å²) < 4.78 is 0. The van der Waals surface area contributed by atoms with Gasteiger partial charge in [-0.3, -0.25) is 9.78 Å². The van der Waals surface area contributed by atoms with Crippen LogP contribution in [-0.2, 0) is 0 Å². The largest absolute Gasteiger partial charge is 0.333 e. The van der Waals surface area contributed by atoms with E-state index in [-0.39, 0.29) is 36.8 Å². The van der Waals surface area contributed by atoms with E-state index in [4.69, 9.17) is 0 Å². The minimum absolute atomic E-state index is 0. The molecule has 0 saturated carbocycles. The summed E-state index contributed by atoms with van der Waals surface area (Å²) in [6.07, 6.45) is 1.74. The van der Waals surface area contributed by atoms with Gasteiger partial charge in [0, 0.05) is 37.3 Å². The Bertz CT molecular complexity index is 615. The van der Waals surface area contributed by atoms with Crippen LogP contribution in [-0.4, -0.2) is 41.5 Å². The number of carbonyl (C=O) groups excluding carboxylic acids is 1. The van der Waals surface area contributed by atoms with E-state index in [9.17, 15) is 4.79 Å². The van der Waals surface area contributed by atoms with E-state index in [0.717, 1.165) is 30.5 Å². The maximum absolute atomic E-state index is 12.7. The highest BCUT2D eigenvalue weighted by atomic mass is 35.5. The number of carbonyl (C=O) groups is 1. The van der Waals surface area contributed by atoms with Gasteiger partial charge in [0.2, 0.25) is 0 Å². The van der Waals surface area contributed by atoms with Crippen molar-refractivity contribution in [3.8, 4) is 0 Å².